The van der Waals surface area contributed by atoms with E-state index in [4.69, 9.17) is 5.26 Å². The van der Waals surface area contributed by atoms with Crippen molar-refractivity contribution in [3.05, 3.63) is 76.5 Å². The third-order valence-electron chi connectivity index (χ3n) is 7.22. The zero-order valence-electron chi connectivity index (χ0n) is 20.0. The van der Waals surface area contributed by atoms with Crippen molar-refractivity contribution in [2.24, 2.45) is 0 Å². The van der Waals surface area contributed by atoms with Gasteiger partial charge >= 0.3 is 12.2 Å². The first-order valence-electron chi connectivity index (χ1n) is 12.3. The summed E-state index contributed by atoms with van der Waals surface area (Å²) < 4.78 is 40.5. The van der Waals surface area contributed by atoms with Gasteiger partial charge in [-0.3, -0.25) is 15.1 Å². The van der Waals surface area contributed by atoms with E-state index in [1.54, 1.807) is 24.3 Å². The van der Waals surface area contributed by atoms with E-state index in [9.17, 15) is 22.8 Å². The van der Waals surface area contributed by atoms with Crippen LogP contribution in [0.5, 0.6) is 0 Å². The summed E-state index contributed by atoms with van der Waals surface area (Å²) in [5, 5.41) is 13.8. The van der Waals surface area contributed by atoms with Crippen molar-refractivity contribution in [2.75, 3.05) is 11.4 Å². The van der Waals surface area contributed by atoms with Crippen LogP contribution in [0.4, 0.5) is 23.7 Å². The van der Waals surface area contributed by atoms with Crippen LogP contribution >= 0.6 is 0 Å². The molecule has 2 N–H and O–H groups in total. The zero-order chi connectivity index (χ0) is 26.2. The van der Waals surface area contributed by atoms with Crippen LogP contribution in [-0.4, -0.2) is 29.5 Å². The molecule has 0 aromatic heterocycles. The predicted octanol–water partition coefficient (Wildman–Crippen LogP) is 5.17. The first-order chi connectivity index (χ1) is 17.8. The molecule has 2 aromatic carbocycles. The number of alkyl halides is 3. The van der Waals surface area contributed by atoms with Crippen LogP contribution in [0.15, 0.2) is 59.8 Å². The van der Waals surface area contributed by atoms with Gasteiger partial charge < -0.3 is 5.32 Å². The van der Waals surface area contributed by atoms with Crippen molar-refractivity contribution in [1.29, 1.82) is 5.26 Å². The second-order valence-corrected chi connectivity index (χ2v) is 9.57. The minimum absolute atomic E-state index is 0.0358. The van der Waals surface area contributed by atoms with Crippen LogP contribution in [0, 0.1) is 11.3 Å². The van der Waals surface area contributed by atoms with Gasteiger partial charge in [0.15, 0.2) is 0 Å². The second kappa shape index (κ2) is 9.90. The molecular formula is C27H26F3N5O2. The third-order valence-corrected chi connectivity index (χ3v) is 7.22. The lowest BCUT2D eigenvalue weighted by Gasteiger charge is -2.44. The number of anilines is 1. The van der Waals surface area contributed by atoms with Gasteiger partial charge in [-0.05, 0) is 48.7 Å². The van der Waals surface area contributed by atoms with Gasteiger partial charge in [0.2, 0.25) is 0 Å². The Bertz CT molecular complexity index is 1270. The highest BCUT2D eigenvalue weighted by Crippen LogP contribution is 2.39. The molecule has 3 amide bonds. The quantitative estimate of drug-likeness (QED) is 0.559. The Morgan fingerprint density at radius 2 is 1.68 bits per heavy atom. The average Bonchev–Trinajstić information content (AvgIpc) is 3.17. The van der Waals surface area contributed by atoms with Crippen molar-refractivity contribution in [2.45, 2.75) is 56.8 Å². The molecule has 1 fully saturated rings. The van der Waals surface area contributed by atoms with Crippen LogP contribution < -0.4 is 15.6 Å². The van der Waals surface area contributed by atoms with Crippen LogP contribution in [-0.2, 0) is 11.0 Å². The van der Waals surface area contributed by atoms with Crippen molar-refractivity contribution in [3.63, 3.8) is 0 Å². The van der Waals surface area contributed by atoms with Gasteiger partial charge in [0.1, 0.15) is 0 Å². The fourth-order valence-corrected chi connectivity index (χ4v) is 5.36. The maximum atomic E-state index is 13.6. The monoisotopic (exact) mass is 509 g/mol. The highest BCUT2D eigenvalue weighted by molar-refractivity contribution is 6.05. The summed E-state index contributed by atoms with van der Waals surface area (Å²) in [6, 6.07) is 11.8. The highest BCUT2D eigenvalue weighted by atomic mass is 19.4. The molecule has 5 rings (SSSR count). The van der Waals surface area contributed by atoms with Gasteiger partial charge in [0, 0.05) is 6.04 Å². The Morgan fingerprint density at radius 3 is 2.32 bits per heavy atom. The molecule has 192 valence electrons. The van der Waals surface area contributed by atoms with Gasteiger partial charge in [-0.1, -0.05) is 43.9 Å². The van der Waals surface area contributed by atoms with Crippen LogP contribution in [0.25, 0.3) is 0 Å². The summed E-state index contributed by atoms with van der Waals surface area (Å²) >= 11 is 0. The van der Waals surface area contributed by atoms with E-state index in [-0.39, 0.29) is 23.8 Å². The normalized spacial score (nSPS) is 21.6. The molecule has 2 aromatic rings. The lowest BCUT2D eigenvalue weighted by molar-refractivity contribution is -0.137. The highest BCUT2D eigenvalue weighted by Gasteiger charge is 2.43. The molecule has 7 nitrogen and oxygen atoms in total. The average molecular weight is 510 g/mol. The van der Waals surface area contributed by atoms with Crippen LogP contribution in [0.3, 0.4) is 0 Å². The van der Waals surface area contributed by atoms with E-state index < -0.39 is 29.7 Å². The van der Waals surface area contributed by atoms with Gasteiger partial charge in [0.05, 0.1) is 46.7 Å². The molecule has 0 radical (unpaired) electrons. The smallest absolute Gasteiger partial charge is 0.326 e. The molecule has 3 aliphatic rings. The van der Waals surface area contributed by atoms with E-state index in [0.29, 0.717) is 16.8 Å². The molecule has 1 atom stereocenters. The molecule has 37 heavy (non-hydrogen) atoms. The summed E-state index contributed by atoms with van der Waals surface area (Å²) in [5.41, 5.74) is 3.79. The minimum atomic E-state index is -4.58. The first-order valence-corrected chi connectivity index (χ1v) is 12.3. The van der Waals surface area contributed by atoms with Gasteiger partial charge in [-0.25, -0.2) is 9.80 Å². The first kappa shape index (κ1) is 24.8. The fraction of sp³-hybridized carbons (Fsp3) is 0.370. The number of carbonyl (C=O) groups is 2. The summed E-state index contributed by atoms with van der Waals surface area (Å²) in [6.07, 6.45) is 1.47. The summed E-state index contributed by atoms with van der Waals surface area (Å²) in [5.74, 6) is -0.406. The van der Waals surface area contributed by atoms with E-state index >= 15 is 0 Å². The molecule has 0 spiro atoms. The third kappa shape index (κ3) is 4.91. The number of urea groups is 1. The molecule has 1 saturated carbocycles. The van der Waals surface area contributed by atoms with Gasteiger partial charge in [-0.15, -0.1) is 0 Å². The summed E-state index contributed by atoms with van der Waals surface area (Å²) in [7, 11) is 0. The number of hydrogen-bond donors (Lipinski definition) is 2. The Labute approximate surface area is 212 Å². The number of rotatable bonds is 3. The van der Waals surface area contributed by atoms with E-state index in [1.807, 2.05) is 11.1 Å². The Balaban J connectivity index is 1.60. The van der Waals surface area contributed by atoms with Gasteiger partial charge in [-0.2, -0.15) is 18.4 Å². The SMILES string of the molecule is N#Cc1ccc([C@H]2NC(=O)N(c3cccc(C(F)(F)F)c3)C3=C2C(=O)NN(C2CCCCCC2)C3)cc1. The number of nitriles is 1. The summed E-state index contributed by atoms with van der Waals surface area (Å²) in [4.78, 5) is 28.2. The molecule has 0 saturated heterocycles. The number of hydrogen-bond acceptors (Lipinski definition) is 4. The molecular weight excluding hydrogens is 483 g/mol. The topological polar surface area (TPSA) is 88.5 Å². The number of carbonyl (C=O) groups excluding carboxylic acids is 2. The minimum Gasteiger partial charge on any atom is -0.326 e. The Kier molecular flexibility index (Phi) is 6.65. The lowest BCUT2D eigenvalue weighted by Crippen LogP contribution is -2.60. The largest absolute Gasteiger partial charge is 0.416 e. The zero-order valence-corrected chi connectivity index (χ0v) is 20.0. The van der Waals surface area contributed by atoms with Crippen LogP contribution in [0.1, 0.15) is 61.3 Å². The number of amides is 3. The van der Waals surface area contributed by atoms with Crippen molar-refractivity contribution >= 4 is 17.6 Å². The van der Waals surface area contributed by atoms with Crippen molar-refractivity contribution in [3.8, 4) is 6.07 Å². The Hall–Kier alpha value is -3.84. The summed E-state index contributed by atoms with van der Waals surface area (Å²) in [6.45, 7) is 0.183. The number of nitrogens with zero attached hydrogens (tertiary/aromatic N) is 3. The molecule has 10 heteroatoms. The molecule has 0 bridgehead atoms. The molecule has 2 aliphatic heterocycles. The van der Waals surface area contributed by atoms with Crippen molar-refractivity contribution < 1.29 is 22.8 Å². The van der Waals surface area contributed by atoms with Crippen molar-refractivity contribution in [1.82, 2.24) is 15.8 Å². The lowest BCUT2D eigenvalue weighted by atomic mass is 9.91. The van der Waals surface area contributed by atoms with Crippen LogP contribution in [0.2, 0.25) is 0 Å². The number of halogens is 3. The number of nitrogens with one attached hydrogen (secondary N) is 2. The van der Waals surface area contributed by atoms with Gasteiger partial charge in [0.25, 0.3) is 5.91 Å². The number of hydrazine groups is 1. The maximum absolute atomic E-state index is 13.6. The standard InChI is InChI=1S/C27H26F3N5O2/c28-27(29,30)19-6-5-9-21(14-19)35-22-16-34(20-7-3-1-2-4-8-20)33-25(36)23(22)24(32-26(35)37)18-12-10-17(15-31)11-13-18/h5-6,9-14,20,24H,1-4,7-8,16H2,(H,32,37)(H,33,36)/t24-/m1/s1. The van der Waals surface area contributed by atoms with E-state index in [0.717, 1.165) is 50.7 Å². The molecule has 0 unspecified atom stereocenters. The second-order valence-electron chi connectivity index (χ2n) is 9.57. The maximum Gasteiger partial charge on any atom is 0.416 e. The van der Waals surface area contributed by atoms with E-state index in [1.165, 1.54) is 17.0 Å². The molecule has 2 heterocycles. The number of benzene rings is 2. The molecule has 1 aliphatic carbocycles. The van der Waals surface area contributed by atoms with E-state index in [2.05, 4.69) is 10.7 Å². The predicted molar refractivity (Wildman–Crippen MR) is 130 cm³/mol. The Morgan fingerprint density at radius 1 is 0.973 bits per heavy atom. The fourth-order valence-electron chi connectivity index (χ4n) is 5.36.